The van der Waals surface area contributed by atoms with E-state index in [9.17, 15) is 9.59 Å². The molecule has 0 aliphatic carbocycles. The molecule has 0 radical (unpaired) electrons. The highest BCUT2D eigenvalue weighted by Gasteiger charge is 2.46. The lowest BCUT2D eigenvalue weighted by molar-refractivity contribution is -0.169. The van der Waals surface area contributed by atoms with Crippen LogP contribution in [0.15, 0.2) is 47.6 Å². The van der Waals surface area contributed by atoms with E-state index in [4.69, 9.17) is 14.2 Å². The van der Waals surface area contributed by atoms with Crippen LogP contribution in [-0.2, 0) is 23.8 Å². The van der Waals surface area contributed by atoms with Gasteiger partial charge in [0.2, 0.25) is 0 Å². The van der Waals surface area contributed by atoms with Gasteiger partial charge in [-0.3, -0.25) is 9.59 Å². The quantitative estimate of drug-likeness (QED) is 0.177. The van der Waals surface area contributed by atoms with Gasteiger partial charge in [0.05, 0.1) is 20.3 Å². The van der Waals surface area contributed by atoms with E-state index in [0.717, 1.165) is 31.3 Å². The Balaban J connectivity index is 5.40. The molecule has 5 nitrogen and oxygen atoms in total. The van der Waals surface area contributed by atoms with Crippen molar-refractivity contribution in [1.29, 1.82) is 0 Å². The molecule has 0 aromatic carbocycles. The fourth-order valence-corrected chi connectivity index (χ4v) is 3.39. The summed E-state index contributed by atoms with van der Waals surface area (Å²) in [4.78, 5) is 25.3. The third kappa shape index (κ3) is 9.69. The summed E-state index contributed by atoms with van der Waals surface area (Å²) in [6, 6.07) is 0. The van der Waals surface area contributed by atoms with Gasteiger partial charge in [-0.1, -0.05) is 42.4 Å². The maximum atomic E-state index is 12.7. The van der Waals surface area contributed by atoms with Crippen molar-refractivity contribution >= 4 is 11.9 Å². The van der Waals surface area contributed by atoms with E-state index in [2.05, 4.69) is 32.6 Å². The Hall–Kier alpha value is -2.14. The van der Waals surface area contributed by atoms with Gasteiger partial charge >= 0.3 is 11.9 Å². The minimum atomic E-state index is -1.33. The van der Waals surface area contributed by atoms with Gasteiger partial charge in [0.15, 0.2) is 5.41 Å². The lowest BCUT2D eigenvalue weighted by Gasteiger charge is -2.27. The molecule has 176 valence electrons. The molecule has 0 fully saturated rings. The minimum Gasteiger partial charge on any atom is -0.468 e. The number of hydrogen-bond acceptors (Lipinski definition) is 5. The largest absolute Gasteiger partial charge is 0.468 e. The van der Waals surface area contributed by atoms with Crippen molar-refractivity contribution in [2.45, 2.75) is 78.7 Å². The van der Waals surface area contributed by atoms with E-state index >= 15 is 0 Å². The zero-order chi connectivity index (χ0) is 23.9. The van der Waals surface area contributed by atoms with Crippen LogP contribution < -0.4 is 0 Å². The number of esters is 2. The number of allylic oxidation sites excluding steroid dienone is 5. The SMILES string of the molecule is C=CCC(OC)/C(C)=C/CC/C(C)=C/CC(CC/C=C(\C)CC)(C(=O)OC)C(=O)OC. The standard InChI is InChI=1S/C26H42O5/c1-9-13-23(29-6)22(5)16-11-14-21(4)17-19-26(24(27)30-7,25(28)31-8)18-12-15-20(3)10-2/h9,15-17,23H,1,10-14,18-19H2,2-8H3/b20-15+,21-17+,22-16+. The molecule has 0 amide bonds. The summed E-state index contributed by atoms with van der Waals surface area (Å²) >= 11 is 0. The average molecular weight is 435 g/mol. The van der Waals surface area contributed by atoms with Crippen molar-refractivity contribution in [3.63, 3.8) is 0 Å². The first-order valence-corrected chi connectivity index (χ1v) is 11.0. The van der Waals surface area contributed by atoms with E-state index in [0.29, 0.717) is 12.8 Å². The van der Waals surface area contributed by atoms with Gasteiger partial charge < -0.3 is 14.2 Å². The molecule has 0 N–H and O–H groups in total. The second-order valence-corrected chi connectivity index (χ2v) is 8.00. The molecule has 1 atom stereocenters. The van der Waals surface area contributed by atoms with Crippen LogP contribution in [0.1, 0.15) is 72.6 Å². The summed E-state index contributed by atoms with van der Waals surface area (Å²) in [5.74, 6) is -1.09. The molecule has 0 rings (SSSR count). The molecule has 0 bridgehead atoms. The summed E-state index contributed by atoms with van der Waals surface area (Å²) in [7, 11) is 4.33. The molecular weight excluding hydrogens is 392 g/mol. The number of carbonyl (C=O) groups excluding carboxylic acids is 2. The van der Waals surface area contributed by atoms with Gasteiger partial charge in [-0.15, -0.1) is 6.58 Å². The van der Waals surface area contributed by atoms with Crippen LogP contribution in [-0.4, -0.2) is 39.4 Å². The average Bonchev–Trinajstić information content (AvgIpc) is 2.78. The lowest BCUT2D eigenvalue weighted by atomic mass is 9.79. The van der Waals surface area contributed by atoms with Crippen molar-refractivity contribution in [2.24, 2.45) is 5.41 Å². The van der Waals surface area contributed by atoms with Crippen LogP contribution in [0.4, 0.5) is 0 Å². The van der Waals surface area contributed by atoms with Gasteiger partial charge in [0.1, 0.15) is 0 Å². The molecule has 0 aromatic rings. The van der Waals surface area contributed by atoms with Crippen molar-refractivity contribution in [2.75, 3.05) is 21.3 Å². The smallest absolute Gasteiger partial charge is 0.323 e. The Morgan fingerprint density at radius 2 is 1.55 bits per heavy atom. The van der Waals surface area contributed by atoms with Crippen molar-refractivity contribution in [3.05, 3.63) is 47.6 Å². The van der Waals surface area contributed by atoms with Gasteiger partial charge in [0, 0.05) is 7.11 Å². The number of methoxy groups -OCH3 is 3. The number of carbonyl (C=O) groups is 2. The minimum absolute atomic E-state index is 0.0488. The summed E-state index contributed by atoms with van der Waals surface area (Å²) in [6.45, 7) is 12.0. The molecular formula is C26H42O5. The predicted molar refractivity (Wildman–Crippen MR) is 127 cm³/mol. The topological polar surface area (TPSA) is 61.8 Å². The van der Waals surface area contributed by atoms with E-state index in [1.165, 1.54) is 25.4 Å². The third-order valence-electron chi connectivity index (χ3n) is 5.75. The Bertz CT molecular complexity index is 653. The summed E-state index contributed by atoms with van der Waals surface area (Å²) in [6.07, 6.45) is 12.7. The molecule has 0 saturated heterocycles. The molecule has 0 aromatic heterocycles. The van der Waals surface area contributed by atoms with Gasteiger partial charge in [0.25, 0.3) is 0 Å². The second kappa shape index (κ2) is 15.6. The fourth-order valence-electron chi connectivity index (χ4n) is 3.39. The Kier molecular flexibility index (Phi) is 14.6. The van der Waals surface area contributed by atoms with Gasteiger partial charge in [-0.05, 0) is 71.3 Å². The summed E-state index contributed by atoms with van der Waals surface area (Å²) in [5.41, 5.74) is 2.18. The zero-order valence-electron chi connectivity index (χ0n) is 20.6. The molecule has 0 heterocycles. The van der Waals surface area contributed by atoms with Crippen LogP contribution >= 0.6 is 0 Å². The van der Waals surface area contributed by atoms with E-state index in [1.807, 2.05) is 26.0 Å². The molecule has 0 spiro atoms. The molecule has 31 heavy (non-hydrogen) atoms. The first-order chi connectivity index (χ1) is 14.7. The maximum absolute atomic E-state index is 12.7. The highest BCUT2D eigenvalue weighted by atomic mass is 16.5. The molecule has 1 unspecified atom stereocenters. The highest BCUT2D eigenvalue weighted by molar-refractivity contribution is 6.00. The Morgan fingerprint density at radius 3 is 2.03 bits per heavy atom. The van der Waals surface area contributed by atoms with E-state index < -0.39 is 17.4 Å². The van der Waals surface area contributed by atoms with E-state index in [-0.39, 0.29) is 12.5 Å². The van der Waals surface area contributed by atoms with E-state index in [1.54, 1.807) is 7.11 Å². The van der Waals surface area contributed by atoms with Gasteiger partial charge in [-0.2, -0.15) is 0 Å². The normalized spacial score (nSPS) is 14.2. The van der Waals surface area contributed by atoms with Crippen LogP contribution in [0, 0.1) is 5.41 Å². The maximum Gasteiger partial charge on any atom is 0.323 e. The molecule has 0 aliphatic rings. The third-order valence-corrected chi connectivity index (χ3v) is 5.75. The van der Waals surface area contributed by atoms with Gasteiger partial charge in [-0.25, -0.2) is 0 Å². The number of ether oxygens (including phenoxy) is 3. The number of hydrogen-bond donors (Lipinski definition) is 0. The molecule has 0 aliphatic heterocycles. The van der Waals surface area contributed by atoms with Crippen LogP contribution in [0.25, 0.3) is 0 Å². The molecule has 5 heteroatoms. The van der Waals surface area contributed by atoms with Crippen LogP contribution in [0.5, 0.6) is 0 Å². The number of rotatable bonds is 15. The molecule has 0 saturated carbocycles. The van der Waals surface area contributed by atoms with Crippen LogP contribution in [0.3, 0.4) is 0 Å². The Labute approximate surface area is 189 Å². The Morgan fingerprint density at radius 1 is 0.935 bits per heavy atom. The van der Waals surface area contributed by atoms with Crippen molar-refractivity contribution in [3.8, 4) is 0 Å². The lowest BCUT2D eigenvalue weighted by Crippen LogP contribution is -2.41. The predicted octanol–water partition coefficient (Wildman–Crippen LogP) is 6.11. The summed E-state index contributed by atoms with van der Waals surface area (Å²) in [5, 5.41) is 0. The van der Waals surface area contributed by atoms with Crippen LogP contribution in [0.2, 0.25) is 0 Å². The summed E-state index contributed by atoms with van der Waals surface area (Å²) < 4.78 is 15.5. The first-order valence-electron chi connectivity index (χ1n) is 11.0. The second-order valence-electron chi connectivity index (χ2n) is 8.00. The zero-order valence-corrected chi connectivity index (χ0v) is 20.6. The first kappa shape index (κ1) is 28.9. The highest BCUT2D eigenvalue weighted by Crippen LogP contribution is 2.34. The monoisotopic (exact) mass is 434 g/mol. The van der Waals surface area contributed by atoms with Crippen molar-refractivity contribution < 1.29 is 23.8 Å². The van der Waals surface area contributed by atoms with Crippen molar-refractivity contribution in [1.82, 2.24) is 0 Å². The fraction of sp³-hybridized carbons (Fsp3) is 0.615.